The lowest BCUT2D eigenvalue weighted by Gasteiger charge is -2.22. The number of carbonyl (C=O) groups excluding carboxylic acids is 1. The summed E-state index contributed by atoms with van der Waals surface area (Å²) in [5.74, 6) is -8.28. The van der Waals surface area contributed by atoms with Crippen LogP contribution < -0.4 is 4.72 Å². The van der Waals surface area contributed by atoms with E-state index in [0.717, 1.165) is 0 Å². The van der Waals surface area contributed by atoms with Gasteiger partial charge in [-0.1, -0.05) is 0 Å². The average Bonchev–Trinajstić information content (AvgIpc) is 1.92. The van der Waals surface area contributed by atoms with Crippen LogP contribution in [0, 0.1) is 5.92 Å². The van der Waals surface area contributed by atoms with Gasteiger partial charge in [-0.25, -0.2) is 4.72 Å². The monoisotopic (exact) mass is 327 g/mol. The Hall–Kier alpha value is -1.21. The van der Waals surface area contributed by atoms with Crippen molar-refractivity contribution in [2.75, 3.05) is 0 Å². The standard InChI is InChI=1S/C5H2F9NO3S/c6-3(7,8)1(4(9,10)11)2(16)15-19(17,18)5(12,13)14/h1H,(H,15,16). The summed E-state index contributed by atoms with van der Waals surface area (Å²) >= 11 is 0. The van der Waals surface area contributed by atoms with E-state index in [9.17, 15) is 52.7 Å². The minimum atomic E-state index is -6.66. The van der Waals surface area contributed by atoms with Crippen LogP contribution in [-0.4, -0.2) is 32.2 Å². The van der Waals surface area contributed by atoms with Gasteiger partial charge in [0.1, 0.15) is 0 Å². The fourth-order valence-corrected chi connectivity index (χ4v) is 1.23. The highest BCUT2D eigenvalue weighted by Crippen LogP contribution is 2.39. The predicted molar refractivity (Wildman–Crippen MR) is 38.7 cm³/mol. The molecule has 0 aromatic rings. The summed E-state index contributed by atoms with van der Waals surface area (Å²) in [5, 5.41) is 0. The van der Waals surface area contributed by atoms with Crippen molar-refractivity contribution in [3.05, 3.63) is 0 Å². The van der Waals surface area contributed by atoms with Crippen molar-refractivity contribution in [3.8, 4) is 0 Å². The summed E-state index contributed by atoms with van der Waals surface area (Å²) in [7, 11) is -6.66. The van der Waals surface area contributed by atoms with Crippen LogP contribution >= 0.6 is 0 Å². The van der Waals surface area contributed by atoms with Crippen LogP contribution in [0.4, 0.5) is 39.5 Å². The minimum absolute atomic E-state index is 0.322. The van der Waals surface area contributed by atoms with Crippen molar-refractivity contribution >= 4 is 15.9 Å². The van der Waals surface area contributed by atoms with Crippen molar-refractivity contribution in [1.29, 1.82) is 0 Å². The van der Waals surface area contributed by atoms with Gasteiger partial charge < -0.3 is 0 Å². The molecule has 0 aromatic heterocycles. The van der Waals surface area contributed by atoms with Crippen molar-refractivity contribution in [1.82, 2.24) is 4.72 Å². The van der Waals surface area contributed by atoms with E-state index in [0.29, 0.717) is 0 Å². The number of nitrogens with one attached hydrogen (secondary N) is 1. The molecule has 0 spiro atoms. The Morgan fingerprint density at radius 2 is 1.16 bits per heavy atom. The van der Waals surface area contributed by atoms with E-state index in [-0.39, 0.29) is 4.72 Å². The zero-order chi connectivity index (χ0) is 15.9. The largest absolute Gasteiger partial charge is 0.516 e. The van der Waals surface area contributed by atoms with Gasteiger partial charge in [0.25, 0.3) is 5.91 Å². The van der Waals surface area contributed by atoms with Crippen LogP contribution in [0.25, 0.3) is 0 Å². The molecule has 14 heteroatoms. The third kappa shape index (κ3) is 4.43. The van der Waals surface area contributed by atoms with Gasteiger partial charge in [-0.3, -0.25) is 4.79 Å². The molecule has 0 saturated heterocycles. The van der Waals surface area contributed by atoms with Gasteiger partial charge in [0, 0.05) is 0 Å². The molecule has 114 valence electrons. The molecule has 0 saturated carbocycles. The molecule has 0 unspecified atom stereocenters. The first kappa shape index (κ1) is 17.8. The fourth-order valence-electron chi connectivity index (χ4n) is 0.732. The van der Waals surface area contributed by atoms with Gasteiger partial charge in [-0.15, -0.1) is 0 Å². The highest BCUT2D eigenvalue weighted by molar-refractivity contribution is 7.90. The highest BCUT2D eigenvalue weighted by Gasteiger charge is 2.62. The molecule has 1 N–H and O–H groups in total. The molecule has 0 radical (unpaired) electrons. The number of carbonyl (C=O) groups is 1. The minimum Gasteiger partial charge on any atom is -0.273 e. The number of hydrogen-bond donors (Lipinski definition) is 1. The molecule has 19 heavy (non-hydrogen) atoms. The van der Waals surface area contributed by atoms with Gasteiger partial charge in [0.15, 0.2) is 0 Å². The Bertz CT molecular complexity index is 430. The molecule has 0 fully saturated rings. The smallest absolute Gasteiger partial charge is 0.273 e. The number of halogens is 9. The van der Waals surface area contributed by atoms with E-state index in [1.165, 1.54) is 0 Å². The van der Waals surface area contributed by atoms with Gasteiger partial charge in [-0.05, 0) is 0 Å². The quantitative estimate of drug-likeness (QED) is 0.785. The molecule has 1 amide bonds. The normalized spacial score (nSPS) is 14.6. The van der Waals surface area contributed by atoms with Crippen LogP contribution in [0.1, 0.15) is 0 Å². The molecule has 0 aliphatic rings. The SMILES string of the molecule is O=C(NS(=O)(=O)C(F)(F)F)C(C(F)(F)F)C(F)(F)F. The molecule has 0 aromatic carbocycles. The number of alkyl halides is 9. The summed E-state index contributed by atoms with van der Waals surface area (Å²) < 4.78 is 126. The Labute approximate surface area is 98.2 Å². The third-order valence-corrected chi connectivity index (χ3v) is 2.54. The summed E-state index contributed by atoms with van der Waals surface area (Å²) in [5.41, 5.74) is -6.23. The maximum Gasteiger partial charge on any atom is 0.516 e. The fraction of sp³-hybridized carbons (Fsp3) is 0.800. The van der Waals surface area contributed by atoms with E-state index < -0.39 is 39.7 Å². The average molecular weight is 327 g/mol. The Morgan fingerprint density at radius 1 is 0.842 bits per heavy atom. The Kier molecular flexibility index (Phi) is 4.42. The van der Waals surface area contributed by atoms with E-state index in [2.05, 4.69) is 0 Å². The van der Waals surface area contributed by atoms with Gasteiger partial charge in [0.05, 0.1) is 0 Å². The zero-order valence-electron chi connectivity index (χ0n) is 8.11. The summed E-state index contributed by atoms with van der Waals surface area (Å²) in [6, 6.07) is 0. The van der Waals surface area contributed by atoms with Crippen molar-refractivity contribution in [2.24, 2.45) is 5.92 Å². The second kappa shape index (κ2) is 4.72. The Balaban J connectivity index is 5.42. The molecular weight excluding hydrogens is 325 g/mol. The zero-order valence-corrected chi connectivity index (χ0v) is 8.93. The van der Waals surface area contributed by atoms with Crippen LogP contribution in [0.2, 0.25) is 0 Å². The number of rotatable bonds is 2. The first-order valence-electron chi connectivity index (χ1n) is 3.76. The van der Waals surface area contributed by atoms with E-state index in [1.807, 2.05) is 0 Å². The molecule has 0 atom stereocenters. The molecule has 0 rings (SSSR count). The second-order valence-corrected chi connectivity index (χ2v) is 4.61. The number of amides is 1. The predicted octanol–water partition coefficient (Wildman–Crippen LogP) is 1.69. The first-order chi connectivity index (χ1) is 8.00. The molecule has 0 aliphatic heterocycles. The Morgan fingerprint density at radius 3 is 1.37 bits per heavy atom. The summed E-state index contributed by atoms with van der Waals surface area (Å²) in [6.45, 7) is 0. The van der Waals surface area contributed by atoms with Crippen molar-refractivity contribution in [2.45, 2.75) is 17.9 Å². The van der Waals surface area contributed by atoms with Gasteiger partial charge in [-0.2, -0.15) is 47.9 Å². The first-order valence-corrected chi connectivity index (χ1v) is 5.25. The van der Waals surface area contributed by atoms with Gasteiger partial charge >= 0.3 is 27.9 Å². The lowest BCUT2D eigenvalue weighted by molar-refractivity contribution is -0.273. The second-order valence-electron chi connectivity index (χ2n) is 2.93. The lowest BCUT2D eigenvalue weighted by Crippen LogP contribution is -2.51. The van der Waals surface area contributed by atoms with Crippen molar-refractivity contribution < 1.29 is 52.7 Å². The molecule has 0 bridgehead atoms. The number of hydrogen-bond acceptors (Lipinski definition) is 3. The lowest BCUT2D eigenvalue weighted by atomic mass is 10.1. The molecule has 4 nitrogen and oxygen atoms in total. The third-order valence-electron chi connectivity index (χ3n) is 1.46. The van der Waals surface area contributed by atoms with Crippen LogP contribution in [0.5, 0.6) is 0 Å². The maximum absolute atomic E-state index is 11.9. The van der Waals surface area contributed by atoms with Gasteiger partial charge in [0.2, 0.25) is 5.92 Å². The van der Waals surface area contributed by atoms with E-state index in [1.54, 1.807) is 0 Å². The van der Waals surface area contributed by atoms with E-state index in [4.69, 9.17) is 0 Å². The van der Waals surface area contributed by atoms with Crippen LogP contribution in [0.15, 0.2) is 0 Å². The summed E-state index contributed by atoms with van der Waals surface area (Å²) in [4.78, 5) is 10.5. The number of sulfonamides is 1. The van der Waals surface area contributed by atoms with Crippen LogP contribution in [0.3, 0.4) is 0 Å². The van der Waals surface area contributed by atoms with E-state index >= 15 is 0 Å². The highest BCUT2D eigenvalue weighted by atomic mass is 32.2. The maximum atomic E-state index is 11.9. The molecule has 0 heterocycles. The topological polar surface area (TPSA) is 63.2 Å². The molecule has 0 aliphatic carbocycles. The molecular formula is C5H2F9NO3S. The van der Waals surface area contributed by atoms with Crippen molar-refractivity contribution in [3.63, 3.8) is 0 Å². The van der Waals surface area contributed by atoms with Crippen LogP contribution in [-0.2, 0) is 14.8 Å². The summed E-state index contributed by atoms with van der Waals surface area (Å²) in [6.07, 6.45) is -12.6.